The predicted molar refractivity (Wildman–Crippen MR) is 93.3 cm³/mol. The van der Waals surface area contributed by atoms with Gasteiger partial charge in [-0.3, -0.25) is 0 Å². The van der Waals surface area contributed by atoms with Crippen LogP contribution < -0.4 is 5.32 Å². The highest BCUT2D eigenvalue weighted by Gasteiger charge is 2.23. The SMILES string of the molecule is CCc1ccc(NC(C)C)cc1C1CCN(C(C)C)CC1. The fourth-order valence-electron chi connectivity index (χ4n) is 3.45. The van der Waals surface area contributed by atoms with E-state index in [0.29, 0.717) is 12.1 Å². The molecule has 1 aromatic carbocycles. The Morgan fingerprint density at radius 2 is 1.81 bits per heavy atom. The van der Waals surface area contributed by atoms with E-state index < -0.39 is 0 Å². The van der Waals surface area contributed by atoms with E-state index in [4.69, 9.17) is 0 Å². The van der Waals surface area contributed by atoms with Crippen LogP contribution in [0.1, 0.15) is 64.5 Å². The Balaban J connectivity index is 2.14. The van der Waals surface area contributed by atoms with E-state index in [1.165, 1.54) is 37.2 Å². The molecular weight excluding hydrogens is 256 g/mol. The first kappa shape index (κ1) is 16.4. The summed E-state index contributed by atoms with van der Waals surface area (Å²) in [6, 6.07) is 8.16. The molecule has 0 aromatic heterocycles. The van der Waals surface area contributed by atoms with Crippen molar-refractivity contribution in [1.29, 1.82) is 0 Å². The number of likely N-dealkylation sites (tertiary alicyclic amines) is 1. The van der Waals surface area contributed by atoms with Gasteiger partial charge in [0.05, 0.1) is 0 Å². The maximum atomic E-state index is 3.55. The zero-order valence-corrected chi connectivity index (χ0v) is 14.4. The number of aryl methyl sites for hydroxylation is 1. The number of hydrogen-bond acceptors (Lipinski definition) is 2. The average molecular weight is 288 g/mol. The van der Waals surface area contributed by atoms with Crippen molar-refractivity contribution in [3.8, 4) is 0 Å². The molecule has 118 valence electrons. The molecule has 1 heterocycles. The molecule has 0 amide bonds. The van der Waals surface area contributed by atoms with Crippen molar-refractivity contribution in [3.05, 3.63) is 29.3 Å². The van der Waals surface area contributed by atoms with Crippen molar-refractivity contribution in [2.75, 3.05) is 18.4 Å². The second kappa shape index (κ2) is 7.31. The van der Waals surface area contributed by atoms with Crippen molar-refractivity contribution in [2.45, 2.75) is 71.9 Å². The van der Waals surface area contributed by atoms with Crippen molar-refractivity contribution in [3.63, 3.8) is 0 Å². The van der Waals surface area contributed by atoms with Gasteiger partial charge in [0.2, 0.25) is 0 Å². The van der Waals surface area contributed by atoms with Gasteiger partial charge >= 0.3 is 0 Å². The molecule has 0 unspecified atom stereocenters. The lowest BCUT2D eigenvalue weighted by Gasteiger charge is -2.35. The molecule has 2 heteroatoms. The second-order valence-corrected chi connectivity index (χ2v) is 6.97. The molecule has 0 bridgehead atoms. The number of piperidine rings is 1. The van der Waals surface area contributed by atoms with Gasteiger partial charge in [-0.05, 0) is 89.2 Å². The van der Waals surface area contributed by atoms with Crippen LogP contribution in [0.3, 0.4) is 0 Å². The normalized spacial score (nSPS) is 17.7. The Hall–Kier alpha value is -1.02. The lowest BCUT2D eigenvalue weighted by Crippen LogP contribution is -2.38. The lowest BCUT2D eigenvalue weighted by atomic mass is 9.85. The van der Waals surface area contributed by atoms with Crippen LogP contribution in [0.5, 0.6) is 0 Å². The van der Waals surface area contributed by atoms with Gasteiger partial charge in [0.1, 0.15) is 0 Å². The summed E-state index contributed by atoms with van der Waals surface area (Å²) < 4.78 is 0. The van der Waals surface area contributed by atoms with E-state index in [2.05, 4.69) is 63.0 Å². The topological polar surface area (TPSA) is 15.3 Å². The molecule has 0 spiro atoms. The van der Waals surface area contributed by atoms with Gasteiger partial charge in [-0.1, -0.05) is 13.0 Å². The highest BCUT2D eigenvalue weighted by molar-refractivity contribution is 5.50. The van der Waals surface area contributed by atoms with Gasteiger partial charge in [-0.15, -0.1) is 0 Å². The van der Waals surface area contributed by atoms with Gasteiger partial charge in [0.25, 0.3) is 0 Å². The van der Waals surface area contributed by atoms with Crippen LogP contribution in [0, 0.1) is 0 Å². The zero-order valence-electron chi connectivity index (χ0n) is 14.4. The van der Waals surface area contributed by atoms with Gasteiger partial charge in [0, 0.05) is 17.8 Å². The molecule has 1 fully saturated rings. The Labute approximate surface area is 130 Å². The molecule has 2 nitrogen and oxygen atoms in total. The first-order chi connectivity index (χ1) is 10.0. The van der Waals surface area contributed by atoms with Crippen molar-refractivity contribution in [1.82, 2.24) is 4.90 Å². The molecule has 1 N–H and O–H groups in total. The molecule has 0 radical (unpaired) electrons. The smallest absolute Gasteiger partial charge is 0.0345 e. The monoisotopic (exact) mass is 288 g/mol. The summed E-state index contributed by atoms with van der Waals surface area (Å²) in [6.45, 7) is 13.8. The standard InChI is InChI=1S/C19H32N2/c1-6-16-7-8-18(20-14(2)3)13-19(16)17-9-11-21(12-10-17)15(4)5/h7-8,13-15,17,20H,6,9-12H2,1-5H3. The Bertz CT molecular complexity index is 443. The minimum Gasteiger partial charge on any atom is -0.383 e. The van der Waals surface area contributed by atoms with Crippen LogP contribution in [-0.4, -0.2) is 30.1 Å². The van der Waals surface area contributed by atoms with Crippen LogP contribution in [0.25, 0.3) is 0 Å². The lowest BCUT2D eigenvalue weighted by molar-refractivity contribution is 0.171. The minimum absolute atomic E-state index is 0.494. The largest absolute Gasteiger partial charge is 0.383 e. The highest BCUT2D eigenvalue weighted by Crippen LogP contribution is 2.33. The Kier molecular flexibility index (Phi) is 5.69. The maximum absolute atomic E-state index is 3.55. The van der Waals surface area contributed by atoms with Crippen LogP contribution in [-0.2, 0) is 6.42 Å². The van der Waals surface area contributed by atoms with Crippen LogP contribution in [0.4, 0.5) is 5.69 Å². The van der Waals surface area contributed by atoms with Crippen molar-refractivity contribution >= 4 is 5.69 Å². The van der Waals surface area contributed by atoms with E-state index in [9.17, 15) is 0 Å². The first-order valence-corrected chi connectivity index (χ1v) is 8.64. The molecule has 1 aliphatic rings. The minimum atomic E-state index is 0.494. The average Bonchev–Trinajstić information content (AvgIpc) is 2.46. The first-order valence-electron chi connectivity index (χ1n) is 8.64. The Morgan fingerprint density at radius 3 is 2.33 bits per heavy atom. The summed E-state index contributed by atoms with van der Waals surface area (Å²) in [5, 5.41) is 3.55. The molecule has 1 aliphatic heterocycles. The molecule has 0 saturated carbocycles. The maximum Gasteiger partial charge on any atom is 0.0345 e. The fourth-order valence-corrected chi connectivity index (χ4v) is 3.45. The summed E-state index contributed by atoms with van der Waals surface area (Å²) in [6.07, 6.45) is 3.74. The summed E-state index contributed by atoms with van der Waals surface area (Å²) in [7, 11) is 0. The molecule has 2 rings (SSSR count). The number of nitrogens with zero attached hydrogens (tertiary/aromatic N) is 1. The van der Waals surface area contributed by atoms with Crippen LogP contribution in [0.15, 0.2) is 18.2 Å². The van der Waals surface area contributed by atoms with E-state index >= 15 is 0 Å². The highest BCUT2D eigenvalue weighted by atomic mass is 15.1. The van der Waals surface area contributed by atoms with Gasteiger partial charge in [-0.2, -0.15) is 0 Å². The quantitative estimate of drug-likeness (QED) is 0.848. The second-order valence-electron chi connectivity index (χ2n) is 6.97. The number of rotatable bonds is 5. The molecule has 21 heavy (non-hydrogen) atoms. The van der Waals surface area contributed by atoms with Crippen LogP contribution in [0.2, 0.25) is 0 Å². The molecule has 1 aromatic rings. The predicted octanol–water partition coefficient (Wildman–Crippen LogP) is 4.66. The van der Waals surface area contributed by atoms with Gasteiger partial charge in [-0.25, -0.2) is 0 Å². The van der Waals surface area contributed by atoms with Crippen molar-refractivity contribution < 1.29 is 0 Å². The summed E-state index contributed by atoms with van der Waals surface area (Å²) in [5.41, 5.74) is 4.40. The molecule has 0 aliphatic carbocycles. The van der Waals surface area contributed by atoms with E-state index in [0.717, 1.165) is 12.3 Å². The van der Waals surface area contributed by atoms with Gasteiger partial charge < -0.3 is 10.2 Å². The van der Waals surface area contributed by atoms with E-state index in [1.54, 1.807) is 5.56 Å². The van der Waals surface area contributed by atoms with E-state index in [1.807, 2.05) is 0 Å². The number of benzene rings is 1. The molecular formula is C19H32N2. The third kappa shape index (κ3) is 4.23. The number of hydrogen-bond donors (Lipinski definition) is 1. The summed E-state index contributed by atoms with van der Waals surface area (Å²) in [4.78, 5) is 2.61. The zero-order chi connectivity index (χ0) is 15.4. The van der Waals surface area contributed by atoms with Crippen LogP contribution >= 0.6 is 0 Å². The number of nitrogens with one attached hydrogen (secondary N) is 1. The third-order valence-corrected chi connectivity index (χ3v) is 4.68. The third-order valence-electron chi connectivity index (χ3n) is 4.68. The van der Waals surface area contributed by atoms with Crippen molar-refractivity contribution in [2.24, 2.45) is 0 Å². The molecule has 0 atom stereocenters. The summed E-state index contributed by atoms with van der Waals surface area (Å²) in [5.74, 6) is 0.740. The summed E-state index contributed by atoms with van der Waals surface area (Å²) >= 11 is 0. The van der Waals surface area contributed by atoms with E-state index in [-0.39, 0.29) is 0 Å². The Morgan fingerprint density at radius 1 is 1.14 bits per heavy atom. The fraction of sp³-hybridized carbons (Fsp3) is 0.684. The molecule has 1 saturated heterocycles. The van der Waals surface area contributed by atoms with Gasteiger partial charge in [0.15, 0.2) is 0 Å². The number of anilines is 1.